The lowest BCUT2D eigenvalue weighted by Gasteiger charge is -2.03. The van der Waals surface area contributed by atoms with Crippen molar-refractivity contribution in [2.75, 3.05) is 0 Å². The second-order valence-corrected chi connectivity index (χ2v) is 6.63. The predicted octanol–water partition coefficient (Wildman–Crippen LogP) is 1.44. The molecule has 0 saturated heterocycles. The maximum Gasteiger partial charge on any atom is 0.260 e. The monoisotopic (exact) mass is 430 g/mol. The van der Waals surface area contributed by atoms with E-state index in [1.165, 1.54) is 24.5 Å². The van der Waals surface area contributed by atoms with Crippen molar-refractivity contribution < 1.29 is 19.8 Å². The molecule has 0 unspecified atom stereocenters. The summed E-state index contributed by atoms with van der Waals surface area (Å²) in [4.78, 5) is 61.4. The summed E-state index contributed by atoms with van der Waals surface area (Å²) in [5.74, 6) is -2.79. The van der Waals surface area contributed by atoms with E-state index < -0.39 is 22.7 Å². The van der Waals surface area contributed by atoms with Crippen molar-refractivity contribution in [3.63, 3.8) is 0 Å². The van der Waals surface area contributed by atoms with Crippen LogP contribution in [-0.2, 0) is 9.59 Å². The van der Waals surface area contributed by atoms with Gasteiger partial charge in [-0.1, -0.05) is 0 Å². The van der Waals surface area contributed by atoms with Gasteiger partial charge in [-0.05, 0) is 48.6 Å². The van der Waals surface area contributed by atoms with E-state index in [4.69, 9.17) is 0 Å². The molecule has 0 aliphatic heterocycles. The number of fused-ring (bicyclic) bond motifs is 2. The van der Waals surface area contributed by atoms with Gasteiger partial charge in [0.25, 0.3) is 11.1 Å². The fourth-order valence-electron chi connectivity index (χ4n) is 3.04. The second-order valence-electron chi connectivity index (χ2n) is 6.63. The summed E-state index contributed by atoms with van der Waals surface area (Å²) in [6.45, 7) is 0. The number of carbonyl (C=O) groups excluding carboxylic acids is 2. The Labute approximate surface area is 178 Å². The number of aromatic hydroxyl groups is 2. The quantitative estimate of drug-likeness (QED) is 0.273. The minimum absolute atomic E-state index is 0.174. The highest BCUT2D eigenvalue weighted by Gasteiger charge is 2.14. The SMILES string of the molecule is O=C(C=Cc1c(O)c2cccnc2[nH]c1=O)C(=O)C=Cc1c(O)c2cccnc2[nH]c1=O. The minimum Gasteiger partial charge on any atom is -0.506 e. The Morgan fingerprint density at radius 2 is 1.16 bits per heavy atom. The molecule has 4 N–H and O–H groups in total. The summed E-state index contributed by atoms with van der Waals surface area (Å²) >= 11 is 0. The van der Waals surface area contributed by atoms with Crippen molar-refractivity contribution in [3.8, 4) is 11.5 Å². The third-order valence-electron chi connectivity index (χ3n) is 4.63. The average Bonchev–Trinajstić information content (AvgIpc) is 2.78. The number of H-pyrrole nitrogens is 2. The van der Waals surface area contributed by atoms with E-state index in [1.807, 2.05) is 0 Å². The first-order valence-electron chi connectivity index (χ1n) is 9.21. The van der Waals surface area contributed by atoms with Crippen LogP contribution in [0.1, 0.15) is 11.1 Å². The summed E-state index contributed by atoms with van der Waals surface area (Å²) < 4.78 is 0. The lowest BCUT2D eigenvalue weighted by Crippen LogP contribution is -2.12. The molecule has 0 fully saturated rings. The van der Waals surface area contributed by atoms with Gasteiger partial charge in [0.2, 0.25) is 11.6 Å². The van der Waals surface area contributed by atoms with Crippen molar-refractivity contribution in [1.29, 1.82) is 0 Å². The summed E-state index contributed by atoms with van der Waals surface area (Å²) in [5, 5.41) is 21.1. The van der Waals surface area contributed by atoms with Gasteiger partial charge in [-0.3, -0.25) is 19.2 Å². The Bertz CT molecular complexity index is 1460. The second kappa shape index (κ2) is 8.11. The van der Waals surface area contributed by atoms with E-state index in [2.05, 4.69) is 19.9 Å². The molecule has 0 saturated carbocycles. The molecule has 158 valence electrons. The van der Waals surface area contributed by atoms with Crippen molar-refractivity contribution in [2.24, 2.45) is 0 Å². The molecule has 4 aromatic heterocycles. The van der Waals surface area contributed by atoms with Gasteiger partial charge in [0.1, 0.15) is 22.8 Å². The van der Waals surface area contributed by atoms with Crippen LogP contribution in [0.25, 0.3) is 34.2 Å². The van der Waals surface area contributed by atoms with Crippen molar-refractivity contribution in [1.82, 2.24) is 19.9 Å². The predicted molar refractivity (Wildman–Crippen MR) is 116 cm³/mol. The molecule has 0 radical (unpaired) electrons. The van der Waals surface area contributed by atoms with Crippen molar-refractivity contribution in [2.45, 2.75) is 0 Å². The summed E-state index contributed by atoms with van der Waals surface area (Å²) in [6.07, 6.45) is 6.57. The van der Waals surface area contributed by atoms with Crippen LogP contribution in [0.3, 0.4) is 0 Å². The van der Waals surface area contributed by atoms with E-state index >= 15 is 0 Å². The molecule has 4 aromatic rings. The van der Waals surface area contributed by atoms with E-state index in [0.29, 0.717) is 0 Å². The van der Waals surface area contributed by atoms with E-state index in [-0.39, 0.29) is 44.7 Å². The molecule has 0 bridgehead atoms. The van der Waals surface area contributed by atoms with Gasteiger partial charge in [0, 0.05) is 12.4 Å². The van der Waals surface area contributed by atoms with Crippen LogP contribution in [0.5, 0.6) is 11.5 Å². The molecule has 4 rings (SSSR count). The highest BCUT2D eigenvalue weighted by atomic mass is 16.3. The molecule has 0 atom stereocenters. The van der Waals surface area contributed by atoms with Crippen LogP contribution in [0.4, 0.5) is 0 Å². The molecule has 0 spiro atoms. The number of ketones is 2. The molecular weight excluding hydrogens is 416 g/mol. The molecular formula is C22H14N4O6. The molecule has 10 nitrogen and oxygen atoms in total. The Morgan fingerprint density at radius 3 is 1.56 bits per heavy atom. The van der Waals surface area contributed by atoms with Gasteiger partial charge >= 0.3 is 0 Å². The smallest absolute Gasteiger partial charge is 0.260 e. The lowest BCUT2D eigenvalue weighted by molar-refractivity contribution is -0.130. The Morgan fingerprint density at radius 1 is 0.750 bits per heavy atom. The zero-order chi connectivity index (χ0) is 22.8. The first-order chi connectivity index (χ1) is 15.4. The van der Waals surface area contributed by atoms with Crippen LogP contribution in [-0.4, -0.2) is 41.7 Å². The number of allylic oxidation sites excluding steroid dienone is 2. The third-order valence-corrected chi connectivity index (χ3v) is 4.63. The number of hydrogen-bond donors (Lipinski definition) is 4. The molecule has 0 amide bonds. The molecule has 0 aromatic carbocycles. The normalized spacial score (nSPS) is 11.6. The highest BCUT2D eigenvalue weighted by Crippen LogP contribution is 2.25. The van der Waals surface area contributed by atoms with Crippen LogP contribution >= 0.6 is 0 Å². The standard InChI is InChI=1S/C22H14N4O6/c27-15(7-5-13-17(29)11-3-1-9-23-19(11)25-21(13)31)16(28)8-6-14-18(30)12-4-2-10-24-20(12)26-22(14)32/h1-10H,(H2,23,25,29,31)(H2,24,26,30,32). The number of hydrogen-bond acceptors (Lipinski definition) is 8. The van der Waals surface area contributed by atoms with Crippen molar-refractivity contribution in [3.05, 3.63) is 80.6 Å². The van der Waals surface area contributed by atoms with Crippen LogP contribution in [0.2, 0.25) is 0 Å². The summed E-state index contributed by atoms with van der Waals surface area (Å²) in [6, 6.07) is 6.19. The first-order valence-corrected chi connectivity index (χ1v) is 9.21. The molecule has 10 heteroatoms. The van der Waals surface area contributed by atoms with E-state index in [9.17, 15) is 29.4 Å². The maximum atomic E-state index is 12.2. The number of pyridine rings is 4. The van der Waals surface area contributed by atoms with E-state index in [1.54, 1.807) is 12.1 Å². The fourth-order valence-corrected chi connectivity index (χ4v) is 3.04. The third kappa shape index (κ3) is 3.67. The van der Waals surface area contributed by atoms with Gasteiger partial charge < -0.3 is 20.2 Å². The number of aromatic amines is 2. The highest BCUT2D eigenvalue weighted by molar-refractivity contribution is 6.46. The van der Waals surface area contributed by atoms with Gasteiger partial charge in [-0.15, -0.1) is 0 Å². The largest absolute Gasteiger partial charge is 0.506 e. The van der Waals surface area contributed by atoms with Gasteiger partial charge in [-0.25, -0.2) is 9.97 Å². The average molecular weight is 430 g/mol. The zero-order valence-electron chi connectivity index (χ0n) is 16.2. The van der Waals surface area contributed by atoms with Crippen LogP contribution < -0.4 is 11.1 Å². The van der Waals surface area contributed by atoms with Crippen LogP contribution in [0, 0.1) is 0 Å². The minimum atomic E-state index is -1.01. The fraction of sp³-hybridized carbons (Fsp3) is 0. The zero-order valence-corrected chi connectivity index (χ0v) is 16.2. The Kier molecular flexibility index (Phi) is 5.17. The lowest BCUT2D eigenvalue weighted by atomic mass is 10.1. The van der Waals surface area contributed by atoms with E-state index in [0.717, 1.165) is 24.3 Å². The first kappa shape index (κ1) is 20.4. The Hall–Kier alpha value is -4.86. The number of aromatic nitrogens is 4. The van der Waals surface area contributed by atoms with Gasteiger partial charge in [0.05, 0.1) is 21.9 Å². The van der Waals surface area contributed by atoms with Gasteiger partial charge in [0.15, 0.2) is 0 Å². The number of nitrogens with zero attached hydrogens (tertiary/aromatic N) is 2. The topological polar surface area (TPSA) is 166 Å². The molecule has 4 heterocycles. The number of rotatable bonds is 5. The Balaban J connectivity index is 1.60. The number of nitrogens with one attached hydrogen (secondary N) is 2. The molecule has 0 aliphatic rings. The van der Waals surface area contributed by atoms with Crippen molar-refractivity contribution >= 4 is 45.8 Å². The number of carbonyl (C=O) groups is 2. The summed E-state index contributed by atoms with van der Waals surface area (Å²) in [7, 11) is 0. The molecule has 0 aliphatic carbocycles. The maximum absolute atomic E-state index is 12.2. The van der Waals surface area contributed by atoms with Crippen LogP contribution in [0.15, 0.2) is 58.4 Å². The summed E-state index contributed by atoms with van der Waals surface area (Å²) in [5.41, 5.74) is -1.47. The molecule has 32 heavy (non-hydrogen) atoms. The van der Waals surface area contributed by atoms with Gasteiger partial charge in [-0.2, -0.15) is 0 Å².